The summed E-state index contributed by atoms with van der Waals surface area (Å²) in [5.74, 6) is 2.58. The molecule has 2 aliphatic rings. The lowest BCUT2D eigenvalue weighted by atomic mass is 9.92. The van der Waals surface area contributed by atoms with Gasteiger partial charge in [0, 0.05) is 12.6 Å². The molecule has 1 atom stereocenters. The van der Waals surface area contributed by atoms with E-state index in [1.165, 1.54) is 24.8 Å². The minimum absolute atomic E-state index is 0.294. The Hall–Kier alpha value is -1.26. The van der Waals surface area contributed by atoms with Gasteiger partial charge in [0.1, 0.15) is 0 Å². The standard InChI is InChI=1S/C16H24N2O2/c1-2-12-5-7-18(8-6-12)14(10-17)13-3-4-15-16(9-13)20-11-19-15/h3-4,9,12,14H,2,5-8,10-11,17H2,1H3. The van der Waals surface area contributed by atoms with Gasteiger partial charge in [-0.05, 0) is 49.5 Å². The highest BCUT2D eigenvalue weighted by Gasteiger charge is 2.26. The molecule has 2 N–H and O–H groups in total. The van der Waals surface area contributed by atoms with Gasteiger partial charge < -0.3 is 15.2 Å². The zero-order valence-corrected chi connectivity index (χ0v) is 12.2. The molecule has 4 heteroatoms. The molecule has 0 aromatic heterocycles. The maximum Gasteiger partial charge on any atom is 0.231 e. The molecule has 20 heavy (non-hydrogen) atoms. The average Bonchev–Trinajstić information content (AvgIpc) is 2.96. The number of hydrogen-bond donors (Lipinski definition) is 1. The van der Waals surface area contributed by atoms with E-state index in [2.05, 4.69) is 24.0 Å². The Bertz CT molecular complexity index is 456. The van der Waals surface area contributed by atoms with E-state index in [9.17, 15) is 0 Å². The molecule has 1 fully saturated rings. The summed E-state index contributed by atoms with van der Waals surface area (Å²) in [7, 11) is 0. The molecule has 0 radical (unpaired) electrons. The molecule has 0 aliphatic carbocycles. The monoisotopic (exact) mass is 276 g/mol. The first-order chi connectivity index (χ1) is 9.81. The third-order valence-corrected chi connectivity index (χ3v) is 4.67. The molecule has 4 nitrogen and oxygen atoms in total. The molecular formula is C16H24N2O2. The fourth-order valence-corrected chi connectivity index (χ4v) is 3.29. The quantitative estimate of drug-likeness (QED) is 0.918. The predicted molar refractivity (Wildman–Crippen MR) is 78.9 cm³/mol. The predicted octanol–water partition coefficient (Wildman–Crippen LogP) is 2.54. The van der Waals surface area contributed by atoms with Gasteiger partial charge in [0.15, 0.2) is 11.5 Å². The lowest BCUT2D eigenvalue weighted by molar-refractivity contribution is 0.133. The second kappa shape index (κ2) is 6.02. The Morgan fingerprint density at radius 1 is 1.25 bits per heavy atom. The third-order valence-electron chi connectivity index (χ3n) is 4.67. The highest BCUT2D eigenvalue weighted by atomic mass is 16.7. The summed E-state index contributed by atoms with van der Waals surface area (Å²) in [6.45, 7) is 5.56. The highest BCUT2D eigenvalue weighted by Crippen LogP contribution is 2.36. The van der Waals surface area contributed by atoms with Crippen LogP contribution in [0.3, 0.4) is 0 Å². The fraction of sp³-hybridized carbons (Fsp3) is 0.625. The SMILES string of the molecule is CCC1CCN(C(CN)c2ccc3c(c2)OCO3)CC1. The molecule has 2 heterocycles. The summed E-state index contributed by atoms with van der Waals surface area (Å²) in [6, 6.07) is 6.50. The van der Waals surface area contributed by atoms with Gasteiger partial charge in [-0.25, -0.2) is 0 Å². The first-order valence-electron chi connectivity index (χ1n) is 7.65. The summed E-state index contributed by atoms with van der Waals surface area (Å²) in [5, 5.41) is 0. The van der Waals surface area contributed by atoms with E-state index in [1.54, 1.807) is 0 Å². The second-order valence-corrected chi connectivity index (χ2v) is 5.75. The Morgan fingerprint density at radius 3 is 2.70 bits per heavy atom. The summed E-state index contributed by atoms with van der Waals surface area (Å²) in [5.41, 5.74) is 7.28. The normalized spacial score (nSPS) is 21.1. The van der Waals surface area contributed by atoms with Crippen LogP contribution >= 0.6 is 0 Å². The lowest BCUT2D eigenvalue weighted by Crippen LogP contribution is -2.39. The van der Waals surface area contributed by atoms with Crippen molar-refractivity contribution in [3.8, 4) is 11.5 Å². The Labute approximate surface area is 120 Å². The Kier molecular flexibility index (Phi) is 4.13. The van der Waals surface area contributed by atoms with E-state index >= 15 is 0 Å². The Morgan fingerprint density at radius 2 is 2.00 bits per heavy atom. The maximum atomic E-state index is 6.03. The van der Waals surface area contributed by atoms with Gasteiger partial charge in [0.25, 0.3) is 0 Å². The van der Waals surface area contributed by atoms with Gasteiger partial charge in [-0.1, -0.05) is 19.4 Å². The zero-order chi connectivity index (χ0) is 13.9. The molecule has 1 unspecified atom stereocenters. The molecule has 0 amide bonds. The number of ether oxygens (including phenoxy) is 2. The molecule has 3 rings (SSSR count). The molecule has 1 saturated heterocycles. The van der Waals surface area contributed by atoms with Crippen molar-refractivity contribution in [1.82, 2.24) is 4.90 Å². The number of likely N-dealkylation sites (tertiary alicyclic amines) is 1. The van der Waals surface area contributed by atoms with Crippen LogP contribution in [-0.2, 0) is 0 Å². The van der Waals surface area contributed by atoms with Crippen molar-refractivity contribution in [3.05, 3.63) is 23.8 Å². The van der Waals surface area contributed by atoms with Crippen LogP contribution in [0.5, 0.6) is 11.5 Å². The van der Waals surface area contributed by atoms with Gasteiger partial charge >= 0.3 is 0 Å². The van der Waals surface area contributed by atoms with Gasteiger partial charge in [0.05, 0.1) is 0 Å². The van der Waals surface area contributed by atoms with E-state index in [0.717, 1.165) is 30.5 Å². The van der Waals surface area contributed by atoms with E-state index < -0.39 is 0 Å². The van der Waals surface area contributed by atoms with E-state index in [4.69, 9.17) is 15.2 Å². The number of nitrogens with zero attached hydrogens (tertiary/aromatic N) is 1. The van der Waals surface area contributed by atoms with Crippen molar-refractivity contribution in [1.29, 1.82) is 0 Å². The van der Waals surface area contributed by atoms with Crippen LogP contribution in [-0.4, -0.2) is 31.3 Å². The molecular weight excluding hydrogens is 252 g/mol. The molecule has 0 bridgehead atoms. The lowest BCUT2D eigenvalue weighted by Gasteiger charge is -2.37. The Balaban J connectivity index is 1.73. The second-order valence-electron chi connectivity index (χ2n) is 5.75. The number of fused-ring (bicyclic) bond motifs is 1. The molecule has 0 spiro atoms. The van der Waals surface area contributed by atoms with Crippen LogP contribution in [0.25, 0.3) is 0 Å². The smallest absolute Gasteiger partial charge is 0.231 e. The van der Waals surface area contributed by atoms with Crippen LogP contribution in [0.1, 0.15) is 37.8 Å². The zero-order valence-electron chi connectivity index (χ0n) is 12.2. The van der Waals surface area contributed by atoms with Crippen molar-refractivity contribution in [2.24, 2.45) is 11.7 Å². The van der Waals surface area contributed by atoms with Crippen molar-refractivity contribution in [3.63, 3.8) is 0 Å². The molecule has 0 saturated carbocycles. The minimum Gasteiger partial charge on any atom is -0.454 e. The van der Waals surface area contributed by atoms with Crippen LogP contribution in [0.4, 0.5) is 0 Å². The summed E-state index contributed by atoms with van der Waals surface area (Å²) >= 11 is 0. The van der Waals surface area contributed by atoms with Gasteiger partial charge in [-0.2, -0.15) is 0 Å². The van der Waals surface area contributed by atoms with Gasteiger partial charge in [-0.15, -0.1) is 0 Å². The summed E-state index contributed by atoms with van der Waals surface area (Å²) < 4.78 is 10.8. The first kappa shape index (κ1) is 13.7. The number of rotatable bonds is 4. The molecule has 1 aromatic rings. The highest BCUT2D eigenvalue weighted by molar-refractivity contribution is 5.45. The molecule has 1 aromatic carbocycles. The largest absolute Gasteiger partial charge is 0.454 e. The number of benzene rings is 1. The van der Waals surface area contributed by atoms with E-state index in [1.807, 2.05) is 6.07 Å². The van der Waals surface area contributed by atoms with Crippen LogP contribution in [0.2, 0.25) is 0 Å². The van der Waals surface area contributed by atoms with Crippen molar-refractivity contribution in [2.45, 2.75) is 32.2 Å². The summed E-state index contributed by atoms with van der Waals surface area (Å²) in [6.07, 6.45) is 3.88. The average molecular weight is 276 g/mol. The van der Waals surface area contributed by atoms with Crippen LogP contribution in [0.15, 0.2) is 18.2 Å². The maximum absolute atomic E-state index is 6.03. The van der Waals surface area contributed by atoms with E-state index in [-0.39, 0.29) is 0 Å². The minimum atomic E-state index is 0.294. The fourth-order valence-electron chi connectivity index (χ4n) is 3.29. The number of piperidine rings is 1. The topological polar surface area (TPSA) is 47.7 Å². The number of nitrogens with two attached hydrogens (primary N) is 1. The van der Waals surface area contributed by atoms with E-state index in [0.29, 0.717) is 19.4 Å². The van der Waals surface area contributed by atoms with Crippen molar-refractivity contribution in [2.75, 3.05) is 26.4 Å². The van der Waals surface area contributed by atoms with Crippen LogP contribution in [0, 0.1) is 5.92 Å². The van der Waals surface area contributed by atoms with Gasteiger partial charge in [-0.3, -0.25) is 4.90 Å². The molecule has 2 aliphatic heterocycles. The third kappa shape index (κ3) is 2.63. The number of hydrogen-bond acceptors (Lipinski definition) is 4. The van der Waals surface area contributed by atoms with Crippen molar-refractivity contribution >= 4 is 0 Å². The van der Waals surface area contributed by atoms with Crippen molar-refractivity contribution < 1.29 is 9.47 Å². The van der Waals surface area contributed by atoms with Crippen LogP contribution < -0.4 is 15.2 Å². The first-order valence-corrected chi connectivity index (χ1v) is 7.65. The summed E-state index contributed by atoms with van der Waals surface area (Å²) in [4.78, 5) is 2.52. The van der Waals surface area contributed by atoms with Gasteiger partial charge in [0.2, 0.25) is 6.79 Å². The molecule has 110 valence electrons.